The van der Waals surface area contributed by atoms with Crippen molar-refractivity contribution in [1.82, 2.24) is 4.90 Å². The number of nitrogens with zero attached hydrogens (tertiary/aromatic N) is 1. The molecule has 2 N–H and O–H groups in total. The van der Waals surface area contributed by atoms with Gasteiger partial charge in [-0.25, -0.2) is 0 Å². The molecule has 1 aliphatic carbocycles. The van der Waals surface area contributed by atoms with E-state index in [9.17, 15) is 9.59 Å². The van der Waals surface area contributed by atoms with Gasteiger partial charge in [0.2, 0.25) is 5.91 Å². The van der Waals surface area contributed by atoms with Crippen LogP contribution in [-0.4, -0.2) is 54.2 Å². The Hall–Kier alpha value is -1.21. The zero-order valence-corrected chi connectivity index (χ0v) is 13.1. The molecule has 0 bridgehead atoms. The van der Waals surface area contributed by atoms with Gasteiger partial charge in [0.05, 0.1) is 11.6 Å². The summed E-state index contributed by atoms with van der Waals surface area (Å²) in [5, 5.41) is 0. The molecule has 1 saturated carbocycles. The lowest BCUT2D eigenvalue weighted by Gasteiger charge is -2.38. The minimum Gasteiger partial charge on any atom is -0.465 e. The van der Waals surface area contributed by atoms with Gasteiger partial charge in [-0.3, -0.25) is 9.59 Å². The molecular weight excluding hydrogens is 292 g/mol. The van der Waals surface area contributed by atoms with Crippen molar-refractivity contribution < 1.29 is 19.1 Å². The molecule has 2 rings (SSSR count). The summed E-state index contributed by atoms with van der Waals surface area (Å²) in [6.07, 6.45) is 2.78. The highest BCUT2D eigenvalue weighted by atomic mass is 32.1. The fourth-order valence-corrected chi connectivity index (χ4v) is 2.95. The van der Waals surface area contributed by atoms with E-state index in [2.05, 4.69) is 0 Å². The van der Waals surface area contributed by atoms with Gasteiger partial charge in [0.15, 0.2) is 0 Å². The number of nitrogens with two attached hydrogens (primary N) is 1. The van der Waals surface area contributed by atoms with E-state index >= 15 is 0 Å². The molecule has 1 heterocycles. The first-order valence-corrected chi connectivity index (χ1v) is 7.76. The quantitative estimate of drug-likeness (QED) is 0.572. The fourth-order valence-electron chi connectivity index (χ4n) is 2.66. The van der Waals surface area contributed by atoms with Crippen LogP contribution in [0.2, 0.25) is 0 Å². The molecule has 2 fully saturated rings. The maximum Gasteiger partial charge on any atom is 0.325 e. The van der Waals surface area contributed by atoms with E-state index in [4.69, 9.17) is 27.4 Å². The van der Waals surface area contributed by atoms with Crippen molar-refractivity contribution in [2.45, 2.75) is 38.6 Å². The van der Waals surface area contributed by atoms with Gasteiger partial charge in [0, 0.05) is 19.3 Å². The molecule has 118 valence electrons. The molecule has 7 heteroatoms. The molecule has 0 aromatic heterocycles. The molecule has 6 nitrogen and oxygen atoms in total. The number of carbonyl (C=O) groups excluding carboxylic acids is 2. The average Bonchev–Trinajstić information content (AvgIpc) is 3.29. The number of ether oxygens (including phenoxy) is 2. The second-order valence-electron chi connectivity index (χ2n) is 5.53. The van der Waals surface area contributed by atoms with Crippen molar-refractivity contribution in [2.75, 3.05) is 26.4 Å². The van der Waals surface area contributed by atoms with Gasteiger partial charge in [-0.05, 0) is 32.6 Å². The number of thiocarbonyl (C=S) groups is 1. The maximum absolute atomic E-state index is 13.0. The van der Waals surface area contributed by atoms with E-state index in [0.717, 1.165) is 12.8 Å². The molecule has 0 aromatic carbocycles. The standard InChI is InChI=1S/C14H22N2O4S/c1-2-20-11(17)9-16(10-3-4-10)13(18)14(12(15)21)5-7-19-8-6-14/h10H,2-9H2,1H3,(H2,15,21). The minimum absolute atomic E-state index is 0.0252. The summed E-state index contributed by atoms with van der Waals surface area (Å²) in [6, 6.07) is 0.107. The normalized spacial score (nSPS) is 20.6. The fraction of sp³-hybridized carbons (Fsp3) is 0.786. The Bertz CT molecular complexity index is 431. The largest absolute Gasteiger partial charge is 0.465 e. The molecule has 1 aliphatic heterocycles. The number of hydrogen-bond donors (Lipinski definition) is 1. The van der Waals surface area contributed by atoms with Gasteiger partial charge >= 0.3 is 5.97 Å². The highest BCUT2D eigenvalue weighted by molar-refractivity contribution is 7.80. The van der Waals surface area contributed by atoms with Crippen molar-refractivity contribution in [3.63, 3.8) is 0 Å². The van der Waals surface area contributed by atoms with Crippen LogP contribution in [0.25, 0.3) is 0 Å². The Morgan fingerprint density at radius 2 is 2.00 bits per heavy atom. The summed E-state index contributed by atoms with van der Waals surface area (Å²) < 4.78 is 10.3. The Morgan fingerprint density at radius 1 is 1.38 bits per heavy atom. The average molecular weight is 314 g/mol. The highest BCUT2D eigenvalue weighted by Gasteiger charge is 2.48. The molecule has 0 radical (unpaired) electrons. The lowest BCUT2D eigenvalue weighted by Crippen LogP contribution is -2.55. The van der Waals surface area contributed by atoms with Crippen molar-refractivity contribution in [3.05, 3.63) is 0 Å². The van der Waals surface area contributed by atoms with Crippen LogP contribution in [0.15, 0.2) is 0 Å². The summed E-state index contributed by atoms with van der Waals surface area (Å²) in [4.78, 5) is 26.5. The van der Waals surface area contributed by atoms with Gasteiger partial charge in [0.1, 0.15) is 12.0 Å². The van der Waals surface area contributed by atoms with Crippen LogP contribution in [0.5, 0.6) is 0 Å². The summed E-state index contributed by atoms with van der Waals surface area (Å²) in [7, 11) is 0. The lowest BCUT2D eigenvalue weighted by molar-refractivity contribution is -0.153. The second-order valence-corrected chi connectivity index (χ2v) is 5.97. The molecule has 0 aromatic rings. The molecule has 1 amide bonds. The van der Waals surface area contributed by atoms with Crippen LogP contribution in [0, 0.1) is 5.41 Å². The molecule has 2 aliphatic rings. The molecule has 0 spiro atoms. The van der Waals surface area contributed by atoms with E-state index in [1.54, 1.807) is 11.8 Å². The Labute approximate surface area is 129 Å². The molecule has 0 atom stereocenters. The van der Waals surface area contributed by atoms with Crippen LogP contribution in [0.1, 0.15) is 32.6 Å². The van der Waals surface area contributed by atoms with E-state index in [1.807, 2.05) is 0 Å². The van der Waals surface area contributed by atoms with E-state index < -0.39 is 5.41 Å². The summed E-state index contributed by atoms with van der Waals surface area (Å²) in [5.74, 6) is -0.531. The van der Waals surface area contributed by atoms with Crippen LogP contribution >= 0.6 is 12.2 Å². The SMILES string of the molecule is CCOC(=O)CN(C(=O)C1(C(N)=S)CCOCC1)C1CC1. The predicted octanol–water partition coefficient (Wildman–Crippen LogP) is 0.623. The van der Waals surface area contributed by atoms with E-state index in [0.29, 0.717) is 32.7 Å². The summed E-state index contributed by atoms with van der Waals surface area (Å²) in [5.41, 5.74) is 4.99. The smallest absolute Gasteiger partial charge is 0.325 e. The van der Waals surface area contributed by atoms with E-state index in [1.165, 1.54) is 0 Å². The van der Waals surface area contributed by atoms with Gasteiger partial charge in [-0.2, -0.15) is 0 Å². The van der Waals surface area contributed by atoms with Crippen molar-refractivity contribution in [3.8, 4) is 0 Å². The molecule has 21 heavy (non-hydrogen) atoms. The zero-order valence-electron chi connectivity index (χ0n) is 12.3. The molecular formula is C14H22N2O4S. The van der Waals surface area contributed by atoms with Crippen LogP contribution in [0.3, 0.4) is 0 Å². The van der Waals surface area contributed by atoms with Crippen LogP contribution in [0.4, 0.5) is 0 Å². The highest BCUT2D eigenvalue weighted by Crippen LogP contribution is 2.37. The Morgan fingerprint density at radius 3 is 2.48 bits per heavy atom. The lowest BCUT2D eigenvalue weighted by atomic mass is 9.78. The van der Waals surface area contributed by atoms with Gasteiger partial charge in [-0.1, -0.05) is 12.2 Å². The first kappa shape index (κ1) is 16.2. The van der Waals surface area contributed by atoms with E-state index in [-0.39, 0.29) is 29.5 Å². The number of esters is 1. The number of hydrogen-bond acceptors (Lipinski definition) is 5. The van der Waals surface area contributed by atoms with Crippen molar-refractivity contribution in [1.29, 1.82) is 0 Å². The predicted molar refractivity (Wildman–Crippen MR) is 80.6 cm³/mol. The second kappa shape index (κ2) is 6.70. The summed E-state index contributed by atoms with van der Waals surface area (Å²) >= 11 is 5.15. The monoisotopic (exact) mass is 314 g/mol. The van der Waals surface area contributed by atoms with Crippen molar-refractivity contribution in [2.24, 2.45) is 11.1 Å². The number of carbonyl (C=O) groups is 2. The van der Waals surface area contributed by atoms with Crippen LogP contribution < -0.4 is 5.73 Å². The third-order valence-corrected chi connectivity index (χ3v) is 4.47. The van der Waals surface area contributed by atoms with Crippen molar-refractivity contribution >= 4 is 29.1 Å². The number of rotatable bonds is 6. The van der Waals surface area contributed by atoms with Gasteiger partial charge < -0.3 is 20.1 Å². The van der Waals surface area contributed by atoms with Gasteiger partial charge in [0.25, 0.3) is 0 Å². The maximum atomic E-state index is 13.0. The molecule has 1 saturated heterocycles. The molecule has 0 unspecified atom stereocenters. The Balaban J connectivity index is 2.15. The first-order chi connectivity index (χ1) is 10.0. The van der Waals surface area contributed by atoms with Crippen LogP contribution in [-0.2, 0) is 19.1 Å². The number of amides is 1. The third kappa shape index (κ3) is 3.52. The summed E-state index contributed by atoms with van der Waals surface area (Å²) in [6.45, 7) is 2.94. The third-order valence-electron chi connectivity index (χ3n) is 4.08. The Kier molecular flexibility index (Phi) is 5.16. The topological polar surface area (TPSA) is 81.9 Å². The zero-order chi connectivity index (χ0) is 15.5. The first-order valence-electron chi connectivity index (χ1n) is 7.35. The van der Waals surface area contributed by atoms with Gasteiger partial charge in [-0.15, -0.1) is 0 Å². The minimum atomic E-state index is -0.872.